The van der Waals surface area contributed by atoms with Gasteiger partial charge in [-0.25, -0.2) is 4.68 Å². The molecule has 0 N–H and O–H groups in total. The van der Waals surface area contributed by atoms with E-state index in [9.17, 15) is 4.79 Å². The number of hydrogen-bond acceptors (Lipinski definition) is 4. The van der Waals surface area contributed by atoms with E-state index in [-0.39, 0.29) is 11.8 Å². The van der Waals surface area contributed by atoms with E-state index >= 15 is 0 Å². The molecule has 1 aromatic carbocycles. The Morgan fingerprint density at radius 1 is 1.32 bits per heavy atom. The summed E-state index contributed by atoms with van der Waals surface area (Å²) in [5.41, 5.74) is 2.10. The number of rotatable bonds is 6. The fourth-order valence-corrected chi connectivity index (χ4v) is 3.20. The van der Waals surface area contributed by atoms with Crippen molar-refractivity contribution in [3.8, 4) is 5.69 Å². The van der Waals surface area contributed by atoms with Crippen LogP contribution in [0.15, 0.2) is 42.7 Å². The third-order valence-electron chi connectivity index (χ3n) is 4.53. The Labute approximate surface area is 149 Å². The van der Waals surface area contributed by atoms with E-state index in [0.29, 0.717) is 6.54 Å². The zero-order valence-electron chi connectivity index (χ0n) is 15.0. The van der Waals surface area contributed by atoms with Gasteiger partial charge < -0.3 is 9.64 Å². The Kier molecular flexibility index (Phi) is 5.83. The predicted molar refractivity (Wildman–Crippen MR) is 96.5 cm³/mol. The van der Waals surface area contributed by atoms with Crippen LogP contribution >= 0.6 is 0 Å². The minimum absolute atomic E-state index is 0.0163. The molecule has 1 saturated heterocycles. The number of hydrogen-bond donors (Lipinski definition) is 0. The second-order valence-electron chi connectivity index (χ2n) is 6.63. The fourth-order valence-electron chi connectivity index (χ4n) is 3.20. The van der Waals surface area contributed by atoms with Gasteiger partial charge in [0.1, 0.15) is 0 Å². The third-order valence-corrected chi connectivity index (χ3v) is 4.53. The summed E-state index contributed by atoms with van der Waals surface area (Å²) in [6.07, 6.45) is 3.67. The highest BCUT2D eigenvalue weighted by molar-refractivity contribution is 5.78. The predicted octanol–water partition coefficient (Wildman–Crippen LogP) is 1.80. The fraction of sp³-hybridized carbons (Fsp3) is 0.474. The maximum Gasteiger partial charge on any atom is 0.226 e. The molecule has 0 aliphatic carbocycles. The Bertz CT molecular complexity index is 680. The molecule has 1 fully saturated rings. The Morgan fingerprint density at radius 2 is 2.12 bits per heavy atom. The Balaban J connectivity index is 1.58. The number of ether oxygens (including phenoxy) is 1. The molecule has 25 heavy (non-hydrogen) atoms. The van der Waals surface area contributed by atoms with Gasteiger partial charge in [-0.15, -0.1) is 0 Å². The van der Waals surface area contributed by atoms with Gasteiger partial charge in [0, 0.05) is 51.5 Å². The number of morpholine rings is 1. The molecule has 3 rings (SSSR count). The van der Waals surface area contributed by atoms with Crippen LogP contribution in [0.3, 0.4) is 0 Å². The van der Waals surface area contributed by atoms with Crippen molar-refractivity contribution in [2.75, 3.05) is 39.9 Å². The van der Waals surface area contributed by atoms with Crippen LogP contribution < -0.4 is 0 Å². The molecule has 2 aromatic rings. The second-order valence-corrected chi connectivity index (χ2v) is 6.63. The number of aromatic nitrogens is 2. The average molecular weight is 342 g/mol. The number of nitrogens with zero attached hydrogens (tertiary/aromatic N) is 4. The van der Waals surface area contributed by atoms with Crippen LogP contribution in [0.5, 0.6) is 0 Å². The summed E-state index contributed by atoms with van der Waals surface area (Å²) in [4.78, 5) is 16.8. The van der Waals surface area contributed by atoms with Crippen LogP contribution in [-0.4, -0.2) is 65.4 Å². The molecule has 134 valence electrons. The van der Waals surface area contributed by atoms with Crippen LogP contribution in [0.25, 0.3) is 5.69 Å². The first kappa shape index (κ1) is 17.6. The summed E-state index contributed by atoms with van der Waals surface area (Å²) in [6, 6.07) is 10.0. The third kappa shape index (κ3) is 4.67. The molecule has 0 unspecified atom stereocenters. The molecule has 2 heterocycles. The molecule has 0 radical (unpaired) electrons. The van der Waals surface area contributed by atoms with Crippen molar-refractivity contribution in [3.05, 3.63) is 48.3 Å². The number of benzene rings is 1. The van der Waals surface area contributed by atoms with E-state index < -0.39 is 0 Å². The summed E-state index contributed by atoms with van der Waals surface area (Å²) in [6.45, 7) is 6.74. The topological polar surface area (TPSA) is 50.6 Å². The number of amides is 1. The van der Waals surface area contributed by atoms with Gasteiger partial charge in [-0.1, -0.05) is 19.1 Å². The van der Waals surface area contributed by atoms with Crippen molar-refractivity contribution in [1.29, 1.82) is 0 Å². The maximum absolute atomic E-state index is 12.7. The van der Waals surface area contributed by atoms with Crippen molar-refractivity contribution in [2.24, 2.45) is 5.92 Å². The van der Waals surface area contributed by atoms with Crippen LogP contribution in [0.4, 0.5) is 0 Å². The Hall–Kier alpha value is -2.18. The lowest BCUT2D eigenvalue weighted by Gasteiger charge is -2.30. The molecule has 0 bridgehead atoms. The van der Waals surface area contributed by atoms with E-state index in [1.807, 2.05) is 54.0 Å². The lowest BCUT2D eigenvalue weighted by atomic mass is 10.1. The normalized spacial score (nSPS) is 16.6. The summed E-state index contributed by atoms with van der Waals surface area (Å²) >= 11 is 0. The highest BCUT2D eigenvalue weighted by atomic mass is 16.5. The van der Waals surface area contributed by atoms with E-state index in [4.69, 9.17) is 4.74 Å². The van der Waals surface area contributed by atoms with Gasteiger partial charge in [0.15, 0.2) is 0 Å². The zero-order valence-corrected chi connectivity index (χ0v) is 15.0. The molecule has 1 aliphatic heterocycles. The largest absolute Gasteiger partial charge is 0.379 e. The van der Waals surface area contributed by atoms with E-state index in [0.717, 1.165) is 44.1 Å². The standard InChI is InChI=1S/C19H26N4O2/c1-16(14-22-9-11-25-12-10-22)19(24)21(2)15-17-5-3-6-18(13-17)23-8-4-7-20-23/h3-8,13,16H,9-12,14-15H2,1-2H3/t16-/m1/s1. The first-order valence-corrected chi connectivity index (χ1v) is 8.77. The summed E-state index contributed by atoms with van der Waals surface area (Å²) in [7, 11) is 1.87. The maximum atomic E-state index is 12.7. The summed E-state index contributed by atoms with van der Waals surface area (Å²) in [5.74, 6) is 0.161. The smallest absolute Gasteiger partial charge is 0.226 e. The van der Waals surface area contributed by atoms with E-state index in [2.05, 4.69) is 16.1 Å². The number of carbonyl (C=O) groups excluding carboxylic acids is 1. The first-order chi connectivity index (χ1) is 12.1. The minimum Gasteiger partial charge on any atom is -0.379 e. The SMILES string of the molecule is C[C@H](CN1CCOCC1)C(=O)N(C)Cc1cccc(-n2cccn2)c1. The lowest BCUT2D eigenvalue weighted by Crippen LogP contribution is -2.43. The average Bonchev–Trinajstić information content (AvgIpc) is 3.17. The molecular formula is C19H26N4O2. The van der Waals surface area contributed by atoms with Gasteiger partial charge in [-0.2, -0.15) is 5.10 Å². The van der Waals surface area contributed by atoms with Crippen molar-refractivity contribution in [2.45, 2.75) is 13.5 Å². The molecule has 1 aromatic heterocycles. The first-order valence-electron chi connectivity index (χ1n) is 8.77. The molecule has 6 nitrogen and oxygen atoms in total. The molecule has 1 aliphatic rings. The van der Waals surface area contributed by atoms with Crippen LogP contribution in [-0.2, 0) is 16.1 Å². The highest BCUT2D eigenvalue weighted by Gasteiger charge is 2.21. The molecule has 0 spiro atoms. The van der Waals surface area contributed by atoms with Gasteiger partial charge in [-0.3, -0.25) is 9.69 Å². The van der Waals surface area contributed by atoms with Gasteiger partial charge in [0.05, 0.1) is 18.9 Å². The monoisotopic (exact) mass is 342 g/mol. The quantitative estimate of drug-likeness (QED) is 0.803. The molecule has 0 saturated carbocycles. The van der Waals surface area contributed by atoms with Crippen molar-refractivity contribution < 1.29 is 9.53 Å². The van der Waals surface area contributed by atoms with E-state index in [1.165, 1.54) is 0 Å². The van der Waals surface area contributed by atoms with Crippen molar-refractivity contribution >= 4 is 5.91 Å². The highest BCUT2D eigenvalue weighted by Crippen LogP contribution is 2.13. The van der Waals surface area contributed by atoms with Gasteiger partial charge in [0.2, 0.25) is 5.91 Å². The second kappa shape index (κ2) is 8.27. The summed E-state index contributed by atoms with van der Waals surface area (Å²) in [5, 5.41) is 4.26. The molecule has 1 atom stereocenters. The minimum atomic E-state index is -0.0163. The van der Waals surface area contributed by atoms with Crippen molar-refractivity contribution in [1.82, 2.24) is 19.6 Å². The zero-order chi connectivity index (χ0) is 17.6. The van der Waals surface area contributed by atoms with Gasteiger partial charge in [0.25, 0.3) is 0 Å². The number of carbonyl (C=O) groups is 1. The van der Waals surface area contributed by atoms with Gasteiger partial charge >= 0.3 is 0 Å². The van der Waals surface area contributed by atoms with Crippen LogP contribution in [0.2, 0.25) is 0 Å². The summed E-state index contributed by atoms with van der Waals surface area (Å²) < 4.78 is 7.19. The van der Waals surface area contributed by atoms with Crippen molar-refractivity contribution in [3.63, 3.8) is 0 Å². The van der Waals surface area contributed by atoms with Crippen LogP contribution in [0, 0.1) is 5.92 Å². The molecule has 6 heteroatoms. The lowest BCUT2D eigenvalue weighted by molar-refractivity contribution is -0.135. The van der Waals surface area contributed by atoms with E-state index in [1.54, 1.807) is 6.20 Å². The molecule has 1 amide bonds. The Morgan fingerprint density at radius 3 is 2.84 bits per heavy atom. The van der Waals surface area contributed by atoms with Crippen LogP contribution in [0.1, 0.15) is 12.5 Å². The van der Waals surface area contributed by atoms with Gasteiger partial charge in [-0.05, 0) is 23.8 Å². The molecular weight excluding hydrogens is 316 g/mol.